The van der Waals surface area contributed by atoms with Crippen molar-refractivity contribution in [2.24, 2.45) is 5.92 Å². The average molecular weight is 422 g/mol. The molecule has 0 heterocycles. The summed E-state index contributed by atoms with van der Waals surface area (Å²) in [6.45, 7) is 4.38. The number of rotatable bonds is 9. The van der Waals surface area contributed by atoms with Gasteiger partial charge >= 0.3 is 0 Å². The van der Waals surface area contributed by atoms with Crippen molar-refractivity contribution in [1.82, 2.24) is 4.72 Å². The van der Waals surface area contributed by atoms with E-state index in [0.29, 0.717) is 12.2 Å². The van der Waals surface area contributed by atoms with Gasteiger partial charge in [0.05, 0.1) is 10.6 Å². The number of benzene rings is 2. The Morgan fingerprint density at radius 3 is 2.43 bits per heavy atom. The van der Waals surface area contributed by atoms with Crippen LogP contribution in [0.1, 0.15) is 13.8 Å². The van der Waals surface area contributed by atoms with Crippen LogP contribution in [0.4, 0.5) is 11.4 Å². The highest BCUT2D eigenvalue weighted by atomic mass is 32.2. The Morgan fingerprint density at radius 1 is 1.14 bits per heavy atom. The zero-order valence-electron chi connectivity index (χ0n) is 16.6. The van der Waals surface area contributed by atoms with E-state index < -0.39 is 10.0 Å². The second-order valence-electron chi connectivity index (χ2n) is 6.66. The van der Waals surface area contributed by atoms with Crippen LogP contribution in [0.25, 0.3) is 0 Å². The molecule has 6 nitrogen and oxygen atoms in total. The molecular formula is C20H27N3O3S2. The van der Waals surface area contributed by atoms with E-state index in [9.17, 15) is 13.2 Å². The molecule has 0 aliphatic rings. The Kier molecular flexibility index (Phi) is 7.91. The van der Waals surface area contributed by atoms with E-state index in [-0.39, 0.29) is 23.3 Å². The fourth-order valence-electron chi connectivity index (χ4n) is 2.47. The summed E-state index contributed by atoms with van der Waals surface area (Å²) in [5.41, 5.74) is 1.53. The van der Waals surface area contributed by atoms with E-state index in [2.05, 4.69) is 10.0 Å². The number of para-hydroxylation sites is 1. The summed E-state index contributed by atoms with van der Waals surface area (Å²) in [7, 11) is -1.77. The molecule has 0 aromatic heterocycles. The van der Waals surface area contributed by atoms with Gasteiger partial charge in [-0.1, -0.05) is 32.0 Å². The number of likely N-dealkylation sites (N-methyl/N-ethyl adjacent to an activating group) is 1. The Labute approximate surface area is 171 Å². The summed E-state index contributed by atoms with van der Waals surface area (Å²) >= 11 is 1.45. The predicted octanol–water partition coefficient (Wildman–Crippen LogP) is 3.42. The van der Waals surface area contributed by atoms with E-state index in [1.165, 1.54) is 17.8 Å². The number of amides is 1. The first-order chi connectivity index (χ1) is 13.2. The lowest BCUT2D eigenvalue weighted by Gasteiger charge is -2.19. The van der Waals surface area contributed by atoms with E-state index >= 15 is 0 Å². The molecule has 28 heavy (non-hydrogen) atoms. The molecule has 2 N–H and O–H groups in total. The van der Waals surface area contributed by atoms with Gasteiger partial charge in [0, 0.05) is 36.6 Å². The van der Waals surface area contributed by atoms with Crippen molar-refractivity contribution in [3.8, 4) is 0 Å². The number of anilines is 2. The van der Waals surface area contributed by atoms with Crippen molar-refractivity contribution in [3.63, 3.8) is 0 Å². The number of carbonyl (C=O) groups is 1. The maximum atomic E-state index is 12.7. The van der Waals surface area contributed by atoms with Gasteiger partial charge in [-0.05, 0) is 36.6 Å². The Morgan fingerprint density at radius 2 is 1.82 bits per heavy atom. The molecule has 0 aliphatic heterocycles. The Hall–Kier alpha value is -2.03. The standard InChI is InChI=1S/C20H27N3O3S2/c1-15(2)20(24)22-18-14-17(10-11-19(18)27-4)28(25,26)21-12-13-23(3)16-8-6-5-7-9-16/h5-11,14-15,21H,12-13H2,1-4H3,(H,22,24). The van der Waals surface area contributed by atoms with Crippen LogP contribution in [0, 0.1) is 5.92 Å². The van der Waals surface area contributed by atoms with E-state index in [0.717, 1.165) is 10.6 Å². The molecule has 2 aromatic carbocycles. The second-order valence-corrected chi connectivity index (χ2v) is 9.28. The lowest BCUT2D eigenvalue weighted by atomic mass is 10.2. The molecule has 0 radical (unpaired) electrons. The molecule has 1 amide bonds. The Bertz CT molecular complexity index is 900. The lowest BCUT2D eigenvalue weighted by Crippen LogP contribution is -2.33. The number of nitrogens with zero attached hydrogens (tertiary/aromatic N) is 1. The molecular weight excluding hydrogens is 394 g/mol. The fraction of sp³-hybridized carbons (Fsp3) is 0.350. The average Bonchev–Trinajstić information content (AvgIpc) is 2.68. The van der Waals surface area contributed by atoms with Crippen LogP contribution in [-0.4, -0.2) is 40.7 Å². The lowest BCUT2D eigenvalue weighted by molar-refractivity contribution is -0.118. The Balaban J connectivity index is 2.08. The van der Waals surface area contributed by atoms with Gasteiger partial charge in [-0.2, -0.15) is 0 Å². The minimum atomic E-state index is -3.68. The molecule has 2 aromatic rings. The summed E-state index contributed by atoms with van der Waals surface area (Å²) in [5.74, 6) is -0.344. The summed E-state index contributed by atoms with van der Waals surface area (Å²) in [6.07, 6.45) is 1.88. The summed E-state index contributed by atoms with van der Waals surface area (Å²) in [6, 6.07) is 14.5. The number of nitrogens with one attached hydrogen (secondary N) is 2. The minimum Gasteiger partial charge on any atom is -0.373 e. The number of thioether (sulfide) groups is 1. The molecule has 0 atom stereocenters. The highest BCUT2D eigenvalue weighted by Crippen LogP contribution is 2.28. The normalized spacial score (nSPS) is 11.5. The first-order valence-electron chi connectivity index (χ1n) is 8.99. The van der Waals surface area contributed by atoms with Gasteiger partial charge in [0.2, 0.25) is 15.9 Å². The van der Waals surface area contributed by atoms with Gasteiger partial charge in [-0.25, -0.2) is 13.1 Å². The summed E-state index contributed by atoms with van der Waals surface area (Å²) in [5, 5.41) is 2.81. The molecule has 2 rings (SSSR count). The topological polar surface area (TPSA) is 78.5 Å². The molecule has 0 saturated carbocycles. The smallest absolute Gasteiger partial charge is 0.240 e. The molecule has 0 saturated heterocycles. The monoisotopic (exact) mass is 421 g/mol. The van der Waals surface area contributed by atoms with Gasteiger partial charge in [0.15, 0.2) is 0 Å². The van der Waals surface area contributed by atoms with Crippen LogP contribution in [0.5, 0.6) is 0 Å². The third kappa shape index (κ3) is 5.98. The third-order valence-electron chi connectivity index (χ3n) is 4.20. The van der Waals surface area contributed by atoms with Crippen molar-refractivity contribution >= 4 is 39.1 Å². The number of sulfonamides is 1. The van der Waals surface area contributed by atoms with Gasteiger partial charge in [0.1, 0.15) is 0 Å². The molecule has 0 aliphatic carbocycles. The second kappa shape index (κ2) is 9.95. The molecule has 152 valence electrons. The van der Waals surface area contributed by atoms with Crippen LogP contribution in [0.3, 0.4) is 0 Å². The maximum Gasteiger partial charge on any atom is 0.240 e. The van der Waals surface area contributed by atoms with Gasteiger partial charge in [-0.3, -0.25) is 4.79 Å². The van der Waals surface area contributed by atoms with Gasteiger partial charge < -0.3 is 10.2 Å². The van der Waals surface area contributed by atoms with E-state index in [4.69, 9.17) is 0 Å². The van der Waals surface area contributed by atoms with Crippen LogP contribution in [-0.2, 0) is 14.8 Å². The van der Waals surface area contributed by atoms with Crippen LogP contribution < -0.4 is 14.9 Å². The van der Waals surface area contributed by atoms with Crippen molar-refractivity contribution in [3.05, 3.63) is 48.5 Å². The molecule has 0 spiro atoms. The zero-order valence-corrected chi connectivity index (χ0v) is 18.2. The largest absolute Gasteiger partial charge is 0.373 e. The van der Waals surface area contributed by atoms with Crippen molar-refractivity contribution < 1.29 is 13.2 Å². The van der Waals surface area contributed by atoms with Gasteiger partial charge in [0.25, 0.3) is 0 Å². The highest BCUT2D eigenvalue weighted by molar-refractivity contribution is 7.98. The highest BCUT2D eigenvalue weighted by Gasteiger charge is 2.18. The van der Waals surface area contributed by atoms with Crippen molar-refractivity contribution in [2.75, 3.05) is 36.6 Å². The first-order valence-corrected chi connectivity index (χ1v) is 11.7. The van der Waals surface area contributed by atoms with Crippen LogP contribution in [0.15, 0.2) is 58.3 Å². The van der Waals surface area contributed by atoms with Crippen LogP contribution >= 0.6 is 11.8 Å². The molecule has 0 fully saturated rings. The summed E-state index contributed by atoms with van der Waals surface area (Å²) in [4.78, 5) is 15.0. The number of hydrogen-bond acceptors (Lipinski definition) is 5. The molecule has 8 heteroatoms. The van der Waals surface area contributed by atoms with Crippen molar-refractivity contribution in [2.45, 2.75) is 23.6 Å². The maximum absolute atomic E-state index is 12.7. The number of hydrogen-bond donors (Lipinski definition) is 2. The van der Waals surface area contributed by atoms with Gasteiger partial charge in [-0.15, -0.1) is 11.8 Å². The van der Waals surface area contributed by atoms with E-state index in [1.54, 1.807) is 26.0 Å². The predicted molar refractivity (Wildman–Crippen MR) is 117 cm³/mol. The minimum absolute atomic E-state index is 0.131. The first kappa shape index (κ1) is 22.3. The number of carbonyl (C=O) groups excluding carboxylic acids is 1. The van der Waals surface area contributed by atoms with Crippen molar-refractivity contribution in [1.29, 1.82) is 0 Å². The SMILES string of the molecule is CSc1ccc(S(=O)(=O)NCCN(C)c2ccccc2)cc1NC(=O)C(C)C. The summed E-state index contributed by atoms with van der Waals surface area (Å²) < 4.78 is 28.0. The fourth-order valence-corrected chi connectivity index (χ4v) is 4.05. The zero-order chi connectivity index (χ0) is 20.7. The van der Waals surface area contributed by atoms with E-state index in [1.807, 2.05) is 48.5 Å². The van der Waals surface area contributed by atoms with Crippen LogP contribution in [0.2, 0.25) is 0 Å². The third-order valence-corrected chi connectivity index (χ3v) is 6.45. The quantitative estimate of drug-likeness (QED) is 0.607. The molecule has 0 bridgehead atoms. The molecule has 0 unspecified atom stereocenters.